The normalized spacial score (nSPS) is 13.8. The van der Waals surface area contributed by atoms with Gasteiger partial charge in [0, 0.05) is 0 Å². The molecule has 20 heavy (non-hydrogen) atoms. The first-order valence-corrected chi connectivity index (χ1v) is 6.52. The van der Waals surface area contributed by atoms with Crippen LogP contribution >= 0.6 is 0 Å². The third-order valence-electron chi connectivity index (χ3n) is 3.15. The minimum Gasteiger partial charge on any atom is -0.482 e. The summed E-state index contributed by atoms with van der Waals surface area (Å²) in [6.07, 6.45) is 4.08. The summed E-state index contributed by atoms with van der Waals surface area (Å²) >= 11 is 0. The van der Waals surface area contributed by atoms with Crippen LogP contribution in [-0.4, -0.2) is 12.5 Å². The van der Waals surface area contributed by atoms with Crippen molar-refractivity contribution in [1.29, 1.82) is 0 Å². The van der Waals surface area contributed by atoms with Crippen molar-refractivity contribution in [2.24, 2.45) is 0 Å². The van der Waals surface area contributed by atoms with Crippen LogP contribution in [0.3, 0.4) is 0 Å². The molecule has 3 rings (SSSR count). The molecule has 0 saturated heterocycles. The quantitative estimate of drug-likeness (QED) is 0.844. The number of hydrogen-bond donors (Lipinski definition) is 1. The second-order valence-corrected chi connectivity index (χ2v) is 4.84. The molecular weight excluding hydrogens is 250 g/mol. The highest BCUT2D eigenvalue weighted by atomic mass is 16.5. The van der Waals surface area contributed by atoms with Crippen molar-refractivity contribution in [2.75, 3.05) is 11.9 Å². The van der Waals surface area contributed by atoms with Crippen molar-refractivity contribution in [2.45, 2.75) is 6.92 Å². The number of hydrogen-bond acceptors (Lipinski definition) is 2. The Morgan fingerprint density at radius 3 is 2.70 bits per heavy atom. The monoisotopic (exact) mass is 265 g/mol. The molecule has 0 aliphatic carbocycles. The lowest BCUT2D eigenvalue weighted by molar-refractivity contribution is -0.118. The van der Waals surface area contributed by atoms with E-state index in [1.54, 1.807) is 0 Å². The van der Waals surface area contributed by atoms with Crippen molar-refractivity contribution >= 4 is 23.7 Å². The molecule has 1 aliphatic heterocycles. The second-order valence-electron chi connectivity index (χ2n) is 4.84. The van der Waals surface area contributed by atoms with Gasteiger partial charge in [0.25, 0.3) is 5.91 Å². The fraction of sp³-hybridized carbons (Fsp3) is 0.118. The molecule has 0 saturated carbocycles. The van der Waals surface area contributed by atoms with Gasteiger partial charge in [-0.15, -0.1) is 0 Å². The van der Waals surface area contributed by atoms with E-state index in [0.717, 1.165) is 22.6 Å². The Balaban J connectivity index is 1.84. The van der Waals surface area contributed by atoms with E-state index in [9.17, 15) is 4.79 Å². The number of ether oxygens (including phenoxy) is 1. The number of amides is 1. The molecule has 0 aromatic heterocycles. The number of nitrogens with one attached hydrogen (secondary N) is 1. The van der Waals surface area contributed by atoms with Crippen LogP contribution in [0.15, 0.2) is 42.5 Å². The highest BCUT2D eigenvalue weighted by molar-refractivity contribution is 5.95. The SMILES string of the molecule is Cc1cccc(/C=C/c2ccc3c(c2)NC(=O)CO3)c1. The highest BCUT2D eigenvalue weighted by Gasteiger charge is 2.15. The maximum atomic E-state index is 11.3. The van der Waals surface area contributed by atoms with Crippen molar-refractivity contribution in [3.8, 4) is 5.75 Å². The summed E-state index contributed by atoms with van der Waals surface area (Å²) < 4.78 is 5.33. The number of carbonyl (C=O) groups is 1. The average Bonchev–Trinajstić information content (AvgIpc) is 2.45. The number of aryl methyl sites for hydroxylation is 1. The predicted molar refractivity (Wildman–Crippen MR) is 80.7 cm³/mol. The van der Waals surface area contributed by atoms with E-state index in [4.69, 9.17) is 4.74 Å². The lowest BCUT2D eigenvalue weighted by atomic mass is 10.1. The van der Waals surface area contributed by atoms with Crippen molar-refractivity contribution < 1.29 is 9.53 Å². The Hall–Kier alpha value is -2.55. The standard InChI is InChI=1S/C17H15NO2/c1-12-3-2-4-13(9-12)5-6-14-7-8-16-15(10-14)18-17(19)11-20-16/h2-10H,11H2,1H3,(H,18,19)/b6-5+. The van der Waals surface area contributed by atoms with E-state index in [-0.39, 0.29) is 12.5 Å². The molecule has 1 N–H and O–H groups in total. The Labute approximate surface area is 117 Å². The molecule has 2 aromatic carbocycles. The highest BCUT2D eigenvalue weighted by Crippen LogP contribution is 2.29. The van der Waals surface area contributed by atoms with E-state index < -0.39 is 0 Å². The Bertz CT molecular complexity index is 689. The molecule has 1 aliphatic rings. The molecule has 3 nitrogen and oxygen atoms in total. The van der Waals surface area contributed by atoms with E-state index in [0.29, 0.717) is 0 Å². The molecular formula is C17H15NO2. The third-order valence-corrected chi connectivity index (χ3v) is 3.15. The number of anilines is 1. The molecule has 0 radical (unpaired) electrons. The van der Waals surface area contributed by atoms with Gasteiger partial charge in [0.15, 0.2) is 6.61 Å². The van der Waals surface area contributed by atoms with E-state index in [1.807, 2.05) is 30.3 Å². The van der Waals surface area contributed by atoms with Crippen LogP contribution in [0.25, 0.3) is 12.2 Å². The summed E-state index contributed by atoms with van der Waals surface area (Å²) in [5.74, 6) is 0.606. The topological polar surface area (TPSA) is 38.3 Å². The van der Waals surface area contributed by atoms with Crippen LogP contribution < -0.4 is 10.1 Å². The number of benzene rings is 2. The first kappa shape index (κ1) is 12.5. The lowest BCUT2D eigenvalue weighted by Gasteiger charge is -2.17. The van der Waals surface area contributed by atoms with E-state index >= 15 is 0 Å². The van der Waals surface area contributed by atoms with Crippen molar-refractivity contribution in [3.05, 3.63) is 59.2 Å². The summed E-state index contributed by atoms with van der Waals surface area (Å²) in [5, 5.41) is 2.81. The molecule has 0 atom stereocenters. The van der Waals surface area contributed by atoms with Crippen LogP contribution in [0, 0.1) is 6.92 Å². The maximum absolute atomic E-state index is 11.3. The molecule has 0 fully saturated rings. The Morgan fingerprint density at radius 2 is 1.90 bits per heavy atom. The van der Waals surface area contributed by atoms with Crippen LogP contribution in [0.1, 0.15) is 16.7 Å². The second kappa shape index (κ2) is 5.21. The molecule has 0 bridgehead atoms. The molecule has 1 heterocycles. The molecule has 1 amide bonds. The van der Waals surface area contributed by atoms with Gasteiger partial charge >= 0.3 is 0 Å². The van der Waals surface area contributed by atoms with Gasteiger partial charge in [-0.2, -0.15) is 0 Å². The van der Waals surface area contributed by atoms with Gasteiger partial charge in [0.2, 0.25) is 0 Å². The van der Waals surface area contributed by atoms with Gasteiger partial charge in [-0.25, -0.2) is 0 Å². The van der Waals surface area contributed by atoms with Crippen molar-refractivity contribution in [3.63, 3.8) is 0 Å². The summed E-state index contributed by atoms with van der Waals surface area (Å²) in [4.78, 5) is 11.3. The molecule has 3 heteroatoms. The van der Waals surface area contributed by atoms with Crippen molar-refractivity contribution in [1.82, 2.24) is 0 Å². The first-order valence-electron chi connectivity index (χ1n) is 6.52. The molecule has 0 spiro atoms. The molecule has 100 valence electrons. The van der Waals surface area contributed by atoms with Gasteiger partial charge in [0.1, 0.15) is 5.75 Å². The van der Waals surface area contributed by atoms with Gasteiger partial charge in [-0.3, -0.25) is 4.79 Å². The zero-order valence-electron chi connectivity index (χ0n) is 11.2. The van der Waals surface area contributed by atoms with Gasteiger partial charge in [0.05, 0.1) is 5.69 Å². The van der Waals surface area contributed by atoms with Crippen LogP contribution in [0.4, 0.5) is 5.69 Å². The summed E-state index contributed by atoms with van der Waals surface area (Å²) in [6, 6.07) is 14.1. The zero-order chi connectivity index (χ0) is 13.9. The Kier molecular flexibility index (Phi) is 3.25. The molecule has 0 unspecified atom stereocenters. The first-order chi connectivity index (χ1) is 9.70. The molecule has 2 aromatic rings. The minimum absolute atomic E-state index is 0.0888. The van der Waals surface area contributed by atoms with Gasteiger partial charge < -0.3 is 10.1 Å². The van der Waals surface area contributed by atoms with E-state index in [1.165, 1.54) is 5.56 Å². The van der Waals surface area contributed by atoms with Gasteiger partial charge in [-0.1, -0.05) is 48.0 Å². The Morgan fingerprint density at radius 1 is 1.10 bits per heavy atom. The summed E-state index contributed by atoms with van der Waals surface area (Å²) in [7, 11) is 0. The van der Waals surface area contributed by atoms with Crippen LogP contribution in [-0.2, 0) is 4.79 Å². The predicted octanol–water partition coefficient (Wildman–Crippen LogP) is 3.50. The largest absolute Gasteiger partial charge is 0.482 e. The van der Waals surface area contributed by atoms with E-state index in [2.05, 4.69) is 36.5 Å². The fourth-order valence-electron chi connectivity index (χ4n) is 2.17. The third kappa shape index (κ3) is 2.72. The average molecular weight is 265 g/mol. The number of rotatable bonds is 2. The maximum Gasteiger partial charge on any atom is 0.262 e. The number of fused-ring (bicyclic) bond motifs is 1. The summed E-state index contributed by atoms with van der Waals surface area (Å²) in [6.45, 7) is 2.16. The van der Waals surface area contributed by atoms with Gasteiger partial charge in [-0.05, 0) is 30.2 Å². The van der Waals surface area contributed by atoms with Crippen LogP contribution in [0.5, 0.6) is 5.75 Å². The van der Waals surface area contributed by atoms with Crippen LogP contribution in [0.2, 0.25) is 0 Å². The zero-order valence-corrected chi connectivity index (χ0v) is 11.2. The fourth-order valence-corrected chi connectivity index (χ4v) is 2.17. The smallest absolute Gasteiger partial charge is 0.262 e. The minimum atomic E-state index is -0.114. The number of carbonyl (C=O) groups excluding carboxylic acids is 1. The summed E-state index contributed by atoms with van der Waals surface area (Å²) in [5.41, 5.74) is 4.14. The lowest BCUT2D eigenvalue weighted by Crippen LogP contribution is -2.25.